The molecule has 8 atom stereocenters. The lowest BCUT2D eigenvalue weighted by atomic mass is 9.88. The molecule has 1 aromatic carbocycles. The molecule has 5 aliphatic rings. The Bertz CT molecular complexity index is 2320. The number of benzene rings is 1. The molecule has 15 nitrogen and oxygen atoms in total. The Morgan fingerprint density at radius 3 is 2.43 bits per heavy atom. The maximum atomic E-state index is 14.9. The fourth-order valence-electron chi connectivity index (χ4n) is 8.94. The fraction of sp³-hybridized carbons (Fsp3) is 0.643. The topological polar surface area (TPSA) is 192 Å². The van der Waals surface area contributed by atoms with E-state index in [2.05, 4.69) is 15.6 Å². The Morgan fingerprint density at radius 1 is 1.06 bits per heavy atom. The smallest absolute Gasteiger partial charge is 0.433 e. The summed E-state index contributed by atoms with van der Waals surface area (Å²) in [5, 5.41) is 5.04. The Morgan fingerprint density at radius 2 is 1.80 bits per heavy atom. The molecule has 0 spiro atoms. The van der Waals surface area contributed by atoms with Crippen molar-refractivity contribution in [3.63, 3.8) is 0 Å². The lowest BCUT2D eigenvalue weighted by molar-refractivity contribution is -0.285. The number of alkyl carbamates (subject to hydrolysis) is 1. The quantitative estimate of drug-likeness (QED) is 0.208. The first-order valence-corrected chi connectivity index (χ1v) is 22.7. The van der Waals surface area contributed by atoms with Gasteiger partial charge in [-0.1, -0.05) is 26.0 Å². The summed E-state index contributed by atoms with van der Waals surface area (Å²) in [4.78, 5) is 61.7. The number of carbonyl (C=O) groups excluding carboxylic acids is 4. The number of hydrogen-bond acceptors (Lipinski definition) is 11. The summed E-state index contributed by atoms with van der Waals surface area (Å²) >= 11 is 0. The van der Waals surface area contributed by atoms with Gasteiger partial charge in [-0.3, -0.25) is 19.1 Å². The van der Waals surface area contributed by atoms with Crippen LogP contribution in [0, 0.1) is 17.8 Å². The number of halogens is 7. The predicted octanol–water partition coefficient (Wildman–Crippen LogP) is 5.65. The lowest BCUT2D eigenvalue weighted by Crippen LogP contribution is -2.60. The molecule has 4 heterocycles. The first-order valence-electron chi connectivity index (χ1n) is 21.3. The van der Waals surface area contributed by atoms with Crippen molar-refractivity contribution in [2.24, 2.45) is 17.8 Å². The molecule has 3 aliphatic heterocycles. The van der Waals surface area contributed by atoms with Crippen molar-refractivity contribution in [1.82, 2.24) is 25.2 Å². The molecule has 2 saturated carbocycles. The number of ether oxygens (including phenoxy) is 4. The van der Waals surface area contributed by atoms with Gasteiger partial charge in [-0.2, -0.15) is 26.3 Å². The highest BCUT2D eigenvalue weighted by molar-refractivity contribution is 7.91. The lowest BCUT2D eigenvalue weighted by Gasteiger charge is -2.38. The molecule has 0 bridgehead atoms. The number of rotatable bonds is 9. The van der Waals surface area contributed by atoms with E-state index in [1.165, 1.54) is 25.3 Å². The predicted molar refractivity (Wildman–Crippen MR) is 215 cm³/mol. The van der Waals surface area contributed by atoms with Crippen molar-refractivity contribution in [3.8, 4) is 11.6 Å². The van der Waals surface area contributed by atoms with Crippen LogP contribution in [0.5, 0.6) is 11.6 Å². The number of aromatic nitrogens is 1. The van der Waals surface area contributed by atoms with E-state index in [-0.39, 0.29) is 61.2 Å². The van der Waals surface area contributed by atoms with E-state index in [1.54, 1.807) is 19.1 Å². The Balaban J connectivity index is 1.26. The van der Waals surface area contributed by atoms with Crippen LogP contribution < -0.4 is 24.8 Å². The zero-order chi connectivity index (χ0) is 47.3. The van der Waals surface area contributed by atoms with Crippen LogP contribution in [0.1, 0.15) is 77.3 Å². The van der Waals surface area contributed by atoms with Gasteiger partial charge in [0.25, 0.3) is 5.91 Å². The molecule has 65 heavy (non-hydrogen) atoms. The molecule has 2 saturated heterocycles. The summed E-state index contributed by atoms with van der Waals surface area (Å²) in [5.41, 5.74) is -6.28. The summed E-state index contributed by atoms with van der Waals surface area (Å²) < 4.78 is 148. The second-order valence-corrected chi connectivity index (χ2v) is 20.0. The van der Waals surface area contributed by atoms with Gasteiger partial charge in [0, 0.05) is 30.8 Å². The number of amides is 4. The molecule has 1 aromatic heterocycles. The third-order valence-electron chi connectivity index (χ3n) is 13.1. The van der Waals surface area contributed by atoms with Crippen molar-refractivity contribution in [2.45, 2.75) is 118 Å². The minimum Gasteiger partial charge on any atom is -0.497 e. The molecule has 358 valence electrons. The molecule has 4 fully saturated rings. The fourth-order valence-corrected chi connectivity index (χ4v) is 10.4. The molecule has 7 rings (SSSR count). The minimum absolute atomic E-state index is 0.00636. The number of allylic oxidation sites excluding steroid dienone is 1. The molecule has 1 unspecified atom stereocenters. The normalized spacial score (nSPS) is 31.3. The Labute approximate surface area is 369 Å². The molecule has 2 aromatic rings. The zero-order valence-electron chi connectivity index (χ0n) is 35.7. The molecule has 2 aliphatic carbocycles. The second-order valence-electron chi connectivity index (χ2n) is 17.9. The highest BCUT2D eigenvalue weighted by atomic mass is 32.2. The van der Waals surface area contributed by atoms with Crippen LogP contribution >= 0.6 is 0 Å². The first-order chi connectivity index (χ1) is 30.5. The second kappa shape index (κ2) is 17.7. The van der Waals surface area contributed by atoms with Gasteiger partial charge in [-0.05, 0) is 86.4 Å². The number of alkyl halides is 7. The highest BCUT2D eigenvalue weighted by Gasteiger charge is 2.64. The summed E-state index contributed by atoms with van der Waals surface area (Å²) in [5.74, 6) is -5.26. The van der Waals surface area contributed by atoms with Crippen LogP contribution in [0.3, 0.4) is 0 Å². The largest absolute Gasteiger partial charge is 0.497 e. The van der Waals surface area contributed by atoms with Crippen LogP contribution in [0.25, 0.3) is 10.8 Å². The minimum atomic E-state index is -5.06. The SMILES string of the molecule is COc1ccc2c(O[C@@H]3C[C@H]4C(=O)N[C@]5(C(=O)NS(=O)(=O)C6(CF)CC6)C[C@H]5/C=C\CC[C@@H](C)C[C@@H](C)[C@H](NC(=O)OC5(C(F)(F)F)CCCOC5)C(=O)N4C3)nc(C(F)(F)F)cc2c1. The van der Waals surface area contributed by atoms with Gasteiger partial charge in [-0.15, -0.1) is 0 Å². The molecule has 0 radical (unpaired) electrons. The maximum Gasteiger partial charge on any atom is 0.433 e. The average Bonchev–Trinajstić information content (AvgIpc) is 4.15. The highest BCUT2D eigenvalue weighted by Crippen LogP contribution is 2.48. The Kier molecular flexibility index (Phi) is 13.1. The van der Waals surface area contributed by atoms with E-state index in [0.29, 0.717) is 12.8 Å². The van der Waals surface area contributed by atoms with Crippen LogP contribution in [0.15, 0.2) is 36.4 Å². The summed E-state index contributed by atoms with van der Waals surface area (Å²) in [6, 6.07) is 1.67. The molecular formula is C42H50F7N5O10S. The van der Waals surface area contributed by atoms with Crippen LogP contribution in [-0.4, -0.2) is 116 Å². The molecule has 3 N–H and O–H groups in total. The van der Waals surface area contributed by atoms with Crippen LogP contribution in [-0.2, 0) is 40.1 Å². The van der Waals surface area contributed by atoms with E-state index in [4.69, 9.17) is 18.9 Å². The third-order valence-corrected chi connectivity index (χ3v) is 15.2. The zero-order valence-corrected chi connectivity index (χ0v) is 36.5. The molecule has 4 amide bonds. The van der Waals surface area contributed by atoms with Crippen molar-refractivity contribution in [3.05, 3.63) is 42.1 Å². The van der Waals surface area contributed by atoms with E-state index in [9.17, 15) is 58.3 Å². The first kappa shape index (κ1) is 48.0. The standard InChI is InChI=1S/C42H50F7N5O10S/c1-23-7-4-5-8-26-19-40(26,36(57)53-65(59,60)38(21-43)12-13-38)52-33(55)30-18-28(63-34-29-10-9-27(61-3)16-25(29)17-31(50-34)41(44,45)46)20-54(30)35(56)32(24(2)15-23)51-37(58)64-39(42(47,48)49)11-6-14-62-22-39/h5,8-10,16-17,23-24,26,28,30,32H,4,6-7,11-15,18-22H2,1-3H3,(H,51,58)(H,52,55)(H,53,57)/b8-5-/t23-,24-,26-,28-,30+,32+,39?,40-/m1/s1. The number of nitrogens with zero attached hydrogens (tertiary/aromatic N) is 2. The van der Waals surface area contributed by atoms with Crippen molar-refractivity contribution >= 4 is 44.6 Å². The number of carbonyl (C=O) groups is 4. The number of fused-ring (bicyclic) bond motifs is 3. The average molecular weight is 950 g/mol. The van der Waals surface area contributed by atoms with E-state index in [0.717, 1.165) is 11.0 Å². The summed E-state index contributed by atoms with van der Waals surface area (Å²) in [7, 11) is -3.25. The molecule has 23 heteroatoms. The van der Waals surface area contributed by atoms with Gasteiger partial charge in [0.15, 0.2) is 0 Å². The number of nitrogens with one attached hydrogen (secondary N) is 3. The number of sulfonamides is 1. The summed E-state index contributed by atoms with van der Waals surface area (Å²) in [6.07, 6.45) is -9.76. The van der Waals surface area contributed by atoms with E-state index in [1.807, 2.05) is 11.6 Å². The monoisotopic (exact) mass is 949 g/mol. The molecular weight excluding hydrogens is 900 g/mol. The number of hydrogen-bond donors (Lipinski definition) is 3. The van der Waals surface area contributed by atoms with Crippen molar-refractivity contribution < 1.29 is 77.3 Å². The maximum absolute atomic E-state index is 14.9. The number of methoxy groups -OCH3 is 1. The van der Waals surface area contributed by atoms with Gasteiger partial charge >= 0.3 is 18.4 Å². The van der Waals surface area contributed by atoms with E-state index >= 15 is 0 Å². The van der Waals surface area contributed by atoms with Gasteiger partial charge in [0.1, 0.15) is 46.6 Å². The van der Waals surface area contributed by atoms with Crippen LogP contribution in [0.2, 0.25) is 0 Å². The van der Waals surface area contributed by atoms with Gasteiger partial charge < -0.3 is 34.5 Å². The van der Waals surface area contributed by atoms with Crippen LogP contribution in [0.4, 0.5) is 35.5 Å². The van der Waals surface area contributed by atoms with Gasteiger partial charge in [0.2, 0.25) is 33.3 Å². The van der Waals surface area contributed by atoms with Crippen molar-refractivity contribution in [1.29, 1.82) is 0 Å². The third kappa shape index (κ3) is 9.67. The Hall–Kier alpha value is -4.93. The van der Waals surface area contributed by atoms with Crippen molar-refractivity contribution in [2.75, 3.05) is 33.5 Å². The van der Waals surface area contributed by atoms with E-state index < -0.39 is 136 Å². The summed E-state index contributed by atoms with van der Waals surface area (Å²) in [6.45, 7) is 0.613. The number of pyridine rings is 1. The van der Waals surface area contributed by atoms with Gasteiger partial charge in [0.05, 0.1) is 20.3 Å². The van der Waals surface area contributed by atoms with Gasteiger partial charge in [-0.25, -0.2) is 22.6 Å².